The highest BCUT2D eigenvalue weighted by Gasteiger charge is 2.30. The number of hydrogen-bond acceptors (Lipinski definition) is 6. The summed E-state index contributed by atoms with van der Waals surface area (Å²) in [6.07, 6.45) is 1.84. The van der Waals surface area contributed by atoms with Gasteiger partial charge in [-0.25, -0.2) is 9.79 Å². The second-order valence-corrected chi connectivity index (χ2v) is 8.26. The van der Waals surface area contributed by atoms with Gasteiger partial charge >= 0.3 is 5.97 Å². The van der Waals surface area contributed by atoms with Crippen molar-refractivity contribution in [1.82, 2.24) is 4.90 Å². The molecule has 4 rings (SSSR count). The molecular weight excluding hydrogens is 436 g/mol. The van der Waals surface area contributed by atoms with Gasteiger partial charge in [0.1, 0.15) is 12.4 Å². The molecular formula is C26H22N2O4S. The average molecular weight is 459 g/mol. The molecule has 1 saturated heterocycles. The maximum atomic E-state index is 12.7. The molecule has 7 heteroatoms. The molecule has 33 heavy (non-hydrogen) atoms. The van der Waals surface area contributed by atoms with E-state index in [1.54, 1.807) is 31.3 Å². The van der Waals surface area contributed by atoms with Crippen molar-refractivity contribution in [1.29, 1.82) is 0 Å². The van der Waals surface area contributed by atoms with Crippen LogP contribution in [0.1, 0.15) is 21.5 Å². The Bertz CT molecular complexity index is 1200. The van der Waals surface area contributed by atoms with Crippen molar-refractivity contribution in [3.8, 4) is 5.75 Å². The van der Waals surface area contributed by atoms with Crippen LogP contribution in [0.25, 0.3) is 6.08 Å². The van der Waals surface area contributed by atoms with E-state index in [1.165, 1.54) is 23.8 Å². The summed E-state index contributed by atoms with van der Waals surface area (Å²) in [6.45, 7) is 0.501. The predicted molar refractivity (Wildman–Crippen MR) is 130 cm³/mol. The number of ether oxygens (including phenoxy) is 2. The van der Waals surface area contributed by atoms with Crippen molar-refractivity contribution in [3.63, 3.8) is 0 Å². The van der Waals surface area contributed by atoms with Crippen molar-refractivity contribution >= 4 is 40.6 Å². The summed E-state index contributed by atoms with van der Waals surface area (Å²) in [5.41, 5.74) is 3.09. The van der Waals surface area contributed by atoms with Gasteiger partial charge in [0.15, 0.2) is 5.17 Å². The molecule has 1 amide bonds. The van der Waals surface area contributed by atoms with E-state index in [-0.39, 0.29) is 5.91 Å². The van der Waals surface area contributed by atoms with Gasteiger partial charge in [0.2, 0.25) is 0 Å². The summed E-state index contributed by atoms with van der Waals surface area (Å²) >= 11 is 1.31. The van der Waals surface area contributed by atoms with Gasteiger partial charge in [-0.1, -0.05) is 42.5 Å². The van der Waals surface area contributed by atoms with Gasteiger partial charge in [-0.15, -0.1) is 0 Å². The monoisotopic (exact) mass is 458 g/mol. The molecule has 0 saturated carbocycles. The Kier molecular flexibility index (Phi) is 6.90. The number of hydrogen-bond donors (Lipinski definition) is 0. The number of rotatable bonds is 6. The van der Waals surface area contributed by atoms with E-state index < -0.39 is 5.97 Å². The molecule has 0 aliphatic carbocycles. The van der Waals surface area contributed by atoms with Gasteiger partial charge in [0, 0.05) is 7.05 Å². The van der Waals surface area contributed by atoms with Gasteiger partial charge in [0.05, 0.1) is 23.3 Å². The Morgan fingerprint density at radius 3 is 2.36 bits per heavy atom. The van der Waals surface area contributed by atoms with Crippen molar-refractivity contribution in [2.24, 2.45) is 4.99 Å². The fourth-order valence-electron chi connectivity index (χ4n) is 3.10. The maximum Gasteiger partial charge on any atom is 0.337 e. The second-order valence-electron chi connectivity index (χ2n) is 7.25. The number of benzene rings is 3. The molecule has 3 aromatic rings. The van der Waals surface area contributed by atoms with Gasteiger partial charge in [-0.3, -0.25) is 9.69 Å². The van der Waals surface area contributed by atoms with E-state index in [9.17, 15) is 9.59 Å². The van der Waals surface area contributed by atoms with Crippen LogP contribution in [0.2, 0.25) is 0 Å². The molecule has 1 heterocycles. The SMILES string of the molecule is COC(=O)c1ccc(N=C2S/C(=C\c3ccc(OCc4ccccc4)cc3)C(=O)N2C)cc1. The van der Waals surface area contributed by atoms with Crippen molar-refractivity contribution in [2.75, 3.05) is 14.2 Å². The van der Waals surface area contributed by atoms with E-state index in [0.29, 0.717) is 27.9 Å². The van der Waals surface area contributed by atoms with Gasteiger partial charge < -0.3 is 9.47 Å². The summed E-state index contributed by atoms with van der Waals surface area (Å²) < 4.78 is 10.5. The predicted octanol–water partition coefficient (Wildman–Crippen LogP) is 5.29. The molecule has 0 atom stereocenters. The minimum Gasteiger partial charge on any atom is -0.489 e. The average Bonchev–Trinajstić information content (AvgIpc) is 3.11. The molecule has 1 fully saturated rings. The van der Waals surface area contributed by atoms with E-state index in [2.05, 4.69) is 4.99 Å². The first kappa shape index (κ1) is 22.4. The van der Waals surface area contributed by atoms with Crippen LogP contribution in [-0.4, -0.2) is 36.1 Å². The van der Waals surface area contributed by atoms with Crippen LogP contribution in [-0.2, 0) is 16.1 Å². The molecule has 0 aromatic heterocycles. The minimum atomic E-state index is -0.404. The smallest absolute Gasteiger partial charge is 0.337 e. The lowest BCUT2D eigenvalue weighted by molar-refractivity contribution is -0.121. The minimum absolute atomic E-state index is 0.116. The largest absolute Gasteiger partial charge is 0.489 e. The molecule has 0 bridgehead atoms. The Labute approximate surface area is 196 Å². The fraction of sp³-hybridized carbons (Fsp3) is 0.115. The number of amidine groups is 1. The zero-order valence-corrected chi connectivity index (χ0v) is 19.0. The van der Waals surface area contributed by atoms with Crippen LogP contribution >= 0.6 is 11.8 Å². The van der Waals surface area contributed by atoms with E-state index in [1.807, 2.05) is 60.7 Å². The number of thioether (sulfide) groups is 1. The quantitative estimate of drug-likeness (QED) is 0.371. The number of esters is 1. The third-order valence-electron chi connectivity index (χ3n) is 4.94. The van der Waals surface area contributed by atoms with Crippen molar-refractivity contribution in [3.05, 3.63) is 100 Å². The maximum absolute atomic E-state index is 12.7. The van der Waals surface area contributed by atoms with Crippen LogP contribution in [0.3, 0.4) is 0 Å². The first-order valence-corrected chi connectivity index (χ1v) is 11.1. The number of aliphatic imine (C=N–C) groups is 1. The summed E-state index contributed by atoms with van der Waals surface area (Å²) in [6, 6.07) is 24.3. The van der Waals surface area contributed by atoms with Crippen LogP contribution in [0.15, 0.2) is 88.8 Å². The topological polar surface area (TPSA) is 68.2 Å². The number of nitrogens with zero attached hydrogens (tertiary/aromatic N) is 2. The van der Waals surface area contributed by atoms with Gasteiger partial charge in [-0.05, 0) is 65.4 Å². The summed E-state index contributed by atoms with van der Waals surface area (Å²) in [7, 11) is 3.03. The zero-order valence-electron chi connectivity index (χ0n) is 18.2. The lowest BCUT2D eigenvalue weighted by atomic mass is 10.2. The molecule has 1 aliphatic heterocycles. The molecule has 6 nitrogen and oxygen atoms in total. The molecule has 1 aliphatic rings. The highest BCUT2D eigenvalue weighted by molar-refractivity contribution is 8.18. The normalized spacial score (nSPS) is 15.8. The van der Waals surface area contributed by atoms with Gasteiger partial charge in [-0.2, -0.15) is 0 Å². The molecule has 166 valence electrons. The Morgan fingerprint density at radius 1 is 1.00 bits per heavy atom. The van der Waals surface area contributed by atoms with Crippen LogP contribution < -0.4 is 4.74 Å². The number of methoxy groups -OCH3 is 1. The summed E-state index contributed by atoms with van der Waals surface area (Å²) in [5, 5.41) is 0.569. The van der Waals surface area contributed by atoms with Crippen molar-refractivity contribution in [2.45, 2.75) is 6.61 Å². The van der Waals surface area contributed by atoms with E-state index in [4.69, 9.17) is 9.47 Å². The summed E-state index contributed by atoms with van der Waals surface area (Å²) in [4.78, 5) is 30.9. The number of carbonyl (C=O) groups is 2. The number of carbonyl (C=O) groups excluding carboxylic acids is 2. The highest BCUT2D eigenvalue weighted by Crippen LogP contribution is 2.33. The molecule has 0 radical (unpaired) electrons. The summed E-state index contributed by atoms with van der Waals surface area (Å²) in [5.74, 6) is 0.244. The standard InChI is InChI=1S/C26H22N2O4S/c1-28-24(29)23(33-26(28)27-21-12-10-20(11-13-21)25(30)31-2)16-18-8-14-22(15-9-18)32-17-19-6-4-3-5-7-19/h3-16H,17H2,1-2H3/b23-16-,27-26?. The Hall–Kier alpha value is -3.84. The van der Waals surface area contributed by atoms with E-state index in [0.717, 1.165) is 16.9 Å². The lowest BCUT2D eigenvalue weighted by Gasteiger charge is -2.07. The Morgan fingerprint density at radius 2 is 1.70 bits per heavy atom. The first-order valence-electron chi connectivity index (χ1n) is 10.2. The molecule has 3 aromatic carbocycles. The van der Waals surface area contributed by atoms with Crippen molar-refractivity contribution < 1.29 is 19.1 Å². The van der Waals surface area contributed by atoms with Crippen LogP contribution in [0.5, 0.6) is 5.75 Å². The van der Waals surface area contributed by atoms with Gasteiger partial charge in [0.25, 0.3) is 5.91 Å². The second kappa shape index (κ2) is 10.2. The zero-order chi connectivity index (χ0) is 23.2. The number of amides is 1. The van der Waals surface area contributed by atoms with E-state index >= 15 is 0 Å². The fourth-order valence-corrected chi connectivity index (χ4v) is 4.09. The third-order valence-corrected chi connectivity index (χ3v) is 6.00. The first-order chi connectivity index (χ1) is 16.0. The highest BCUT2D eigenvalue weighted by atomic mass is 32.2. The lowest BCUT2D eigenvalue weighted by Crippen LogP contribution is -2.23. The molecule has 0 unspecified atom stereocenters. The third kappa shape index (κ3) is 5.51. The Balaban J connectivity index is 1.43. The molecule has 0 N–H and O–H groups in total. The van der Waals surface area contributed by atoms with Crippen LogP contribution in [0.4, 0.5) is 5.69 Å². The van der Waals surface area contributed by atoms with Crippen LogP contribution in [0, 0.1) is 0 Å². The number of likely N-dealkylation sites (N-methyl/N-ethyl adjacent to an activating group) is 1. The molecule has 0 spiro atoms.